The molecule has 26 heavy (non-hydrogen) atoms. The Morgan fingerprint density at radius 1 is 1.35 bits per heavy atom. The monoisotopic (exact) mass is 389 g/mol. The van der Waals surface area contributed by atoms with Gasteiger partial charge in [0.05, 0.1) is 5.69 Å². The maximum absolute atomic E-state index is 12.8. The third-order valence-electron chi connectivity index (χ3n) is 4.07. The van der Waals surface area contributed by atoms with Gasteiger partial charge in [-0.05, 0) is 31.4 Å². The van der Waals surface area contributed by atoms with Gasteiger partial charge in [0.15, 0.2) is 5.13 Å². The largest absolute Gasteiger partial charge is 0.371 e. The predicted molar refractivity (Wildman–Crippen MR) is 101 cm³/mol. The predicted octanol–water partition coefficient (Wildman–Crippen LogP) is 3.84. The summed E-state index contributed by atoms with van der Waals surface area (Å²) in [6.07, 6.45) is 7.55. The van der Waals surface area contributed by atoms with E-state index >= 15 is 0 Å². The van der Waals surface area contributed by atoms with Gasteiger partial charge in [0.25, 0.3) is 5.91 Å². The molecule has 9 heteroatoms. The lowest BCUT2D eigenvalue weighted by Gasteiger charge is -2.02. The number of ether oxygens (including phenoxy) is 1. The van der Waals surface area contributed by atoms with Crippen molar-refractivity contribution >= 4 is 33.7 Å². The minimum Gasteiger partial charge on any atom is -0.371 e. The van der Waals surface area contributed by atoms with Crippen molar-refractivity contribution in [3.05, 3.63) is 40.1 Å². The molecule has 3 aromatic heterocycles. The zero-order valence-electron chi connectivity index (χ0n) is 14.3. The van der Waals surface area contributed by atoms with E-state index in [1.165, 1.54) is 22.7 Å². The van der Waals surface area contributed by atoms with Gasteiger partial charge >= 0.3 is 0 Å². The maximum atomic E-state index is 12.8. The van der Waals surface area contributed by atoms with Crippen LogP contribution in [0.1, 0.15) is 52.7 Å². The van der Waals surface area contributed by atoms with E-state index in [-0.39, 0.29) is 12.0 Å². The first-order chi connectivity index (χ1) is 12.7. The summed E-state index contributed by atoms with van der Waals surface area (Å²) in [4.78, 5) is 18.1. The van der Waals surface area contributed by atoms with Crippen molar-refractivity contribution in [2.75, 3.05) is 11.9 Å². The SMILES string of the molecule is CCCc1nc(-n2cccc2)sc1C(=O)Nc1nnc(C2CCCO2)s1. The normalized spacial score (nSPS) is 16.9. The molecule has 3 aromatic rings. The number of carbonyl (C=O) groups is 1. The van der Waals surface area contributed by atoms with Gasteiger partial charge in [0.2, 0.25) is 5.13 Å². The third kappa shape index (κ3) is 3.55. The highest BCUT2D eigenvalue weighted by Crippen LogP contribution is 2.32. The zero-order chi connectivity index (χ0) is 17.9. The molecule has 0 aromatic carbocycles. The topological polar surface area (TPSA) is 81.9 Å². The number of hydrogen-bond acceptors (Lipinski definition) is 7. The van der Waals surface area contributed by atoms with Crippen LogP contribution in [0.3, 0.4) is 0 Å². The van der Waals surface area contributed by atoms with Crippen LogP contribution in [0.2, 0.25) is 0 Å². The van der Waals surface area contributed by atoms with Crippen LogP contribution < -0.4 is 5.32 Å². The highest BCUT2D eigenvalue weighted by molar-refractivity contribution is 7.17. The molecule has 4 heterocycles. The first-order valence-corrected chi connectivity index (χ1v) is 10.3. The van der Waals surface area contributed by atoms with Crippen LogP contribution in [0.4, 0.5) is 5.13 Å². The van der Waals surface area contributed by atoms with Crippen molar-refractivity contribution in [3.63, 3.8) is 0 Å². The molecule has 0 radical (unpaired) electrons. The van der Waals surface area contributed by atoms with Crippen LogP contribution in [-0.4, -0.2) is 32.3 Å². The Morgan fingerprint density at radius 3 is 2.92 bits per heavy atom. The van der Waals surface area contributed by atoms with Crippen molar-refractivity contribution < 1.29 is 9.53 Å². The zero-order valence-corrected chi connectivity index (χ0v) is 16.0. The molecule has 0 bridgehead atoms. The standard InChI is InChI=1S/C17H19N5O2S2/c1-2-6-11-13(25-17(18-11)22-8-3-4-9-22)14(23)19-16-21-20-15(26-16)12-7-5-10-24-12/h3-4,8-9,12H,2,5-7,10H2,1H3,(H,19,21,23). The molecular weight excluding hydrogens is 370 g/mol. The van der Waals surface area contributed by atoms with E-state index in [1.807, 2.05) is 29.1 Å². The summed E-state index contributed by atoms with van der Waals surface area (Å²) in [5.41, 5.74) is 0.822. The van der Waals surface area contributed by atoms with Crippen molar-refractivity contribution in [3.8, 4) is 5.13 Å². The second-order valence-corrected chi connectivity index (χ2v) is 8.00. The first kappa shape index (κ1) is 17.3. The average molecular weight is 390 g/mol. The number of amides is 1. The molecular formula is C17H19N5O2S2. The summed E-state index contributed by atoms with van der Waals surface area (Å²) in [7, 11) is 0. The summed E-state index contributed by atoms with van der Waals surface area (Å²) in [5, 5.41) is 13.2. The minimum atomic E-state index is -0.181. The number of thiazole rings is 1. The van der Waals surface area contributed by atoms with Gasteiger partial charge in [0.1, 0.15) is 16.0 Å². The molecule has 0 spiro atoms. The van der Waals surface area contributed by atoms with Crippen LogP contribution in [0.15, 0.2) is 24.5 Å². The van der Waals surface area contributed by atoms with Gasteiger partial charge in [-0.1, -0.05) is 36.0 Å². The fourth-order valence-electron chi connectivity index (χ4n) is 2.84. The highest BCUT2D eigenvalue weighted by Gasteiger charge is 2.24. The Morgan fingerprint density at radius 2 is 2.19 bits per heavy atom. The number of rotatable bonds is 6. The minimum absolute atomic E-state index is 0.0116. The van der Waals surface area contributed by atoms with E-state index in [0.29, 0.717) is 10.0 Å². The quantitative estimate of drug-likeness (QED) is 0.693. The van der Waals surface area contributed by atoms with E-state index in [4.69, 9.17) is 4.74 Å². The Labute approximate surface area is 159 Å². The molecule has 7 nitrogen and oxygen atoms in total. The fraction of sp³-hybridized carbons (Fsp3) is 0.412. The summed E-state index contributed by atoms with van der Waals surface area (Å²) >= 11 is 2.76. The van der Waals surface area contributed by atoms with Crippen LogP contribution in [0.5, 0.6) is 0 Å². The molecule has 1 unspecified atom stereocenters. The van der Waals surface area contributed by atoms with Gasteiger partial charge in [-0.15, -0.1) is 10.2 Å². The van der Waals surface area contributed by atoms with Crippen LogP contribution in [0, 0.1) is 0 Å². The highest BCUT2D eigenvalue weighted by atomic mass is 32.1. The third-order valence-corrected chi connectivity index (χ3v) is 6.11. The van der Waals surface area contributed by atoms with Gasteiger partial charge in [-0.3, -0.25) is 10.1 Å². The van der Waals surface area contributed by atoms with Crippen molar-refractivity contribution in [1.29, 1.82) is 0 Å². The van der Waals surface area contributed by atoms with Gasteiger partial charge in [-0.25, -0.2) is 4.98 Å². The van der Waals surface area contributed by atoms with Gasteiger partial charge < -0.3 is 9.30 Å². The molecule has 1 saturated heterocycles. The lowest BCUT2D eigenvalue weighted by molar-refractivity contribution is 0.102. The number of anilines is 1. The summed E-state index contributed by atoms with van der Waals surface area (Å²) < 4.78 is 7.54. The number of nitrogens with zero attached hydrogens (tertiary/aromatic N) is 4. The first-order valence-electron chi connectivity index (χ1n) is 8.64. The lowest BCUT2D eigenvalue weighted by atomic mass is 10.2. The van der Waals surface area contributed by atoms with E-state index in [9.17, 15) is 4.79 Å². The lowest BCUT2D eigenvalue weighted by Crippen LogP contribution is -2.12. The Balaban J connectivity index is 1.53. The molecule has 136 valence electrons. The number of carbonyl (C=O) groups excluding carboxylic acids is 1. The molecule has 1 amide bonds. The van der Waals surface area contributed by atoms with Crippen LogP contribution in [0.25, 0.3) is 5.13 Å². The Bertz CT molecular complexity index is 881. The summed E-state index contributed by atoms with van der Waals surface area (Å²) in [5.74, 6) is -0.181. The number of aryl methyl sites for hydroxylation is 1. The number of hydrogen-bond donors (Lipinski definition) is 1. The average Bonchev–Trinajstić information content (AvgIpc) is 3.40. The van der Waals surface area contributed by atoms with E-state index in [0.717, 1.165) is 48.1 Å². The maximum Gasteiger partial charge on any atom is 0.269 e. The molecule has 1 fully saturated rings. The number of aromatic nitrogens is 4. The molecule has 0 aliphatic carbocycles. The smallest absolute Gasteiger partial charge is 0.269 e. The van der Waals surface area contributed by atoms with Crippen LogP contribution in [-0.2, 0) is 11.2 Å². The summed E-state index contributed by atoms with van der Waals surface area (Å²) in [6, 6.07) is 3.88. The second-order valence-electron chi connectivity index (χ2n) is 6.01. The molecule has 1 aliphatic rings. The van der Waals surface area contributed by atoms with Crippen LogP contribution >= 0.6 is 22.7 Å². The van der Waals surface area contributed by atoms with Gasteiger partial charge in [-0.2, -0.15) is 0 Å². The molecule has 1 aliphatic heterocycles. The van der Waals surface area contributed by atoms with E-state index < -0.39 is 0 Å². The summed E-state index contributed by atoms with van der Waals surface area (Å²) in [6.45, 7) is 2.84. The van der Waals surface area contributed by atoms with Crippen molar-refractivity contribution in [2.24, 2.45) is 0 Å². The van der Waals surface area contributed by atoms with E-state index in [1.54, 1.807) is 0 Å². The molecule has 1 N–H and O–H groups in total. The van der Waals surface area contributed by atoms with E-state index in [2.05, 4.69) is 27.4 Å². The molecule has 4 rings (SSSR count). The Hall–Kier alpha value is -2.10. The van der Waals surface area contributed by atoms with Crippen molar-refractivity contribution in [2.45, 2.75) is 38.7 Å². The fourth-order valence-corrected chi connectivity index (χ4v) is 4.63. The van der Waals surface area contributed by atoms with Gasteiger partial charge in [0, 0.05) is 19.0 Å². The van der Waals surface area contributed by atoms with Crippen molar-refractivity contribution in [1.82, 2.24) is 19.7 Å². The second kappa shape index (κ2) is 7.65. The Kier molecular flexibility index (Phi) is 5.09. The molecule has 0 saturated carbocycles. The number of nitrogens with one attached hydrogen (secondary N) is 1. The molecule has 1 atom stereocenters.